The molecule has 0 unspecified atom stereocenters. The summed E-state index contributed by atoms with van der Waals surface area (Å²) < 4.78 is 5.76. The zero-order valence-corrected chi connectivity index (χ0v) is 17.6. The lowest BCUT2D eigenvalue weighted by Crippen LogP contribution is -2.00. The van der Waals surface area contributed by atoms with Crippen molar-refractivity contribution in [2.24, 2.45) is 0 Å². The first-order valence-corrected chi connectivity index (χ1v) is 10.0. The van der Waals surface area contributed by atoms with Crippen LogP contribution >= 0.6 is 11.6 Å². The van der Waals surface area contributed by atoms with Gasteiger partial charge in [-0.05, 0) is 53.8 Å². The predicted molar refractivity (Wildman–Crippen MR) is 119 cm³/mol. The van der Waals surface area contributed by atoms with Crippen molar-refractivity contribution in [3.63, 3.8) is 0 Å². The maximum absolute atomic E-state index is 11.3. The van der Waals surface area contributed by atoms with Gasteiger partial charge in [0.1, 0.15) is 5.75 Å². The number of aromatic nitrogens is 2. The van der Waals surface area contributed by atoms with Crippen LogP contribution in [0.1, 0.15) is 41.3 Å². The Morgan fingerprint density at radius 3 is 2.50 bits per heavy atom. The minimum atomic E-state index is -0.998. The molecule has 4 aromatic rings. The van der Waals surface area contributed by atoms with Crippen molar-refractivity contribution < 1.29 is 14.6 Å². The van der Waals surface area contributed by atoms with Gasteiger partial charge in [0.25, 0.3) is 6.01 Å². The molecule has 0 amide bonds. The Morgan fingerprint density at radius 2 is 1.83 bits per heavy atom. The second-order valence-electron chi connectivity index (χ2n) is 7.55. The van der Waals surface area contributed by atoms with E-state index in [4.69, 9.17) is 16.3 Å². The number of carboxylic acid groups (broad SMARTS) is 1. The van der Waals surface area contributed by atoms with Crippen LogP contribution in [-0.2, 0) is 0 Å². The number of H-pyrrole nitrogens is 1. The molecule has 0 radical (unpaired) electrons. The number of imidazole rings is 1. The molecule has 5 nitrogen and oxygen atoms in total. The van der Waals surface area contributed by atoms with Crippen molar-refractivity contribution in [3.8, 4) is 22.9 Å². The zero-order valence-electron chi connectivity index (χ0n) is 16.9. The van der Waals surface area contributed by atoms with Crippen LogP contribution in [0, 0.1) is 6.92 Å². The fourth-order valence-corrected chi connectivity index (χ4v) is 3.60. The normalized spacial score (nSPS) is 11.2. The highest BCUT2D eigenvalue weighted by atomic mass is 35.5. The third-order valence-corrected chi connectivity index (χ3v) is 5.40. The largest absolute Gasteiger partial charge is 0.478 e. The lowest BCUT2D eigenvalue weighted by Gasteiger charge is -2.08. The first-order chi connectivity index (χ1) is 14.3. The molecule has 0 saturated carbocycles. The van der Waals surface area contributed by atoms with Crippen molar-refractivity contribution in [1.29, 1.82) is 0 Å². The summed E-state index contributed by atoms with van der Waals surface area (Å²) in [5.74, 6) is -0.137. The molecule has 0 fully saturated rings. The van der Waals surface area contributed by atoms with Gasteiger partial charge in [0.05, 0.1) is 21.6 Å². The summed E-state index contributed by atoms with van der Waals surface area (Å²) in [5, 5.41) is 9.90. The summed E-state index contributed by atoms with van der Waals surface area (Å²) in [5.41, 5.74) is 5.48. The minimum Gasteiger partial charge on any atom is -0.478 e. The van der Waals surface area contributed by atoms with E-state index >= 15 is 0 Å². The number of halogens is 1. The van der Waals surface area contributed by atoms with Crippen LogP contribution in [-0.4, -0.2) is 21.0 Å². The van der Waals surface area contributed by atoms with Crippen molar-refractivity contribution in [1.82, 2.24) is 9.97 Å². The van der Waals surface area contributed by atoms with Crippen LogP contribution in [0.3, 0.4) is 0 Å². The van der Waals surface area contributed by atoms with Gasteiger partial charge in [-0.1, -0.05) is 55.8 Å². The van der Waals surface area contributed by atoms with E-state index in [2.05, 4.69) is 48.1 Å². The summed E-state index contributed by atoms with van der Waals surface area (Å²) in [7, 11) is 0. The second kappa shape index (κ2) is 7.84. The van der Waals surface area contributed by atoms with Crippen LogP contribution in [0.4, 0.5) is 0 Å². The van der Waals surface area contributed by atoms with E-state index in [1.54, 1.807) is 19.1 Å². The number of hydrogen-bond acceptors (Lipinski definition) is 3. The Labute approximate surface area is 179 Å². The molecule has 6 heteroatoms. The van der Waals surface area contributed by atoms with E-state index in [1.807, 2.05) is 12.1 Å². The number of nitrogens with zero attached hydrogens (tertiary/aromatic N) is 1. The highest BCUT2D eigenvalue weighted by Crippen LogP contribution is 2.34. The van der Waals surface area contributed by atoms with Crippen LogP contribution in [0.25, 0.3) is 22.2 Å². The zero-order chi connectivity index (χ0) is 21.4. The van der Waals surface area contributed by atoms with E-state index in [1.165, 1.54) is 11.6 Å². The molecule has 2 N–H and O–H groups in total. The second-order valence-corrected chi connectivity index (χ2v) is 7.96. The predicted octanol–water partition coefficient (Wildman–Crippen LogP) is 6.81. The Morgan fingerprint density at radius 1 is 1.10 bits per heavy atom. The number of aromatic amines is 1. The van der Waals surface area contributed by atoms with Crippen LogP contribution in [0.15, 0.2) is 54.6 Å². The molecule has 1 heterocycles. The van der Waals surface area contributed by atoms with E-state index in [-0.39, 0.29) is 11.6 Å². The standard InChI is InChI=1S/C24H21ClN2O3/c1-13(2)15-5-7-16(8-6-15)19-11-21-22(12-20(19)25)27-24(26-21)30-17-9-4-14(3)18(10-17)23(28)29/h4-13H,1-3H3,(H,26,27)(H,28,29). The molecule has 30 heavy (non-hydrogen) atoms. The quantitative estimate of drug-likeness (QED) is 0.372. The number of rotatable bonds is 5. The van der Waals surface area contributed by atoms with E-state index in [0.717, 1.165) is 16.6 Å². The first kappa shape index (κ1) is 20.0. The molecule has 0 saturated heterocycles. The van der Waals surface area contributed by atoms with Gasteiger partial charge in [-0.15, -0.1) is 0 Å². The van der Waals surface area contributed by atoms with Crippen molar-refractivity contribution in [2.75, 3.05) is 0 Å². The lowest BCUT2D eigenvalue weighted by atomic mass is 9.98. The van der Waals surface area contributed by atoms with E-state index in [0.29, 0.717) is 27.8 Å². The van der Waals surface area contributed by atoms with Crippen LogP contribution in [0.5, 0.6) is 11.8 Å². The Balaban J connectivity index is 1.67. The SMILES string of the molecule is Cc1ccc(Oc2nc3cc(-c4ccc(C(C)C)cc4)c(Cl)cc3[nH]2)cc1C(=O)O. The maximum atomic E-state index is 11.3. The van der Waals surface area contributed by atoms with Crippen molar-refractivity contribution in [3.05, 3.63) is 76.3 Å². The fraction of sp³-hybridized carbons (Fsp3) is 0.167. The molecule has 0 spiro atoms. The Hall–Kier alpha value is -3.31. The summed E-state index contributed by atoms with van der Waals surface area (Å²) in [4.78, 5) is 18.9. The number of fused-ring (bicyclic) bond motifs is 1. The van der Waals surface area contributed by atoms with Crippen LogP contribution < -0.4 is 4.74 Å². The maximum Gasteiger partial charge on any atom is 0.336 e. The third kappa shape index (κ3) is 3.89. The number of hydrogen-bond donors (Lipinski definition) is 2. The van der Waals surface area contributed by atoms with Gasteiger partial charge in [0.15, 0.2) is 0 Å². The number of carbonyl (C=O) groups is 1. The minimum absolute atomic E-state index is 0.193. The molecule has 0 aliphatic rings. The van der Waals surface area contributed by atoms with Crippen molar-refractivity contribution >= 4 is 28.6 Å². The van der Waals surface area contributed by atoms with Gasteiger partial charge >= 0.3 is 5.97 Å². The highest BCUT2D eigenvalue weighted by molar-refractivity contribution is 6.34. The number of benzene rings is 3. The van der Waals surface area contributed by atoms with Gasteiger partial charge in [0, 0.05) is 5.56 Å². The smallest absolute Gasteiger partial charge is 0.336 e. The summed E-state index contributed by atoms with van der Waals surface area (Å²) >= 11 is 6.53. The van der Waals surface area contributed by atoms with E-state index in [9.17, 15) is 9.90 Å². The monoisotopic (exact) mass is 420 g/mol. The van der Waals surface area contributed by atoms with Crippen molar-refractivity contribution in [2.45, 2.75) is 26.7 Å². The molecular formula is C24H21ClN2O3. The number of ether oxygens (including phenoxy) is 1. The average Bonchev–Trinajstić information content (AvgIpc) is 3.09. The van der Waals surface area contributed by atoms with Gasteiger partial charge in [-0.2, -0.15) is 4.98 Å². The topological polar surface area (TPSA) is 75.2 Å². The molecule has 152 valence electrons. The number of aryl methyl sites for hydroxylation is 1. The Kier molecular flexibility index (Phi) is 5.22. The fourth-order valence-electron chi connectivity index (χ4n) is 3.33. The molecule has 0 aliphatic heterocycles. The van der Waals surface area contributed by atoms with Gasteiger partial charge in [-0.25, -0.2) is 4.79 Å². The Bertz CT molecular complexity index is 1240. The van der Waals surface area contributed by atoms with Crippen LogP contribution in [0.2, 0.25) is 5.02 Å². The van der Waals surface area contributed by atoms with Gasteiger partial charge in [-0.3, -0.25) is 0 Å². The summed E-state index contributed by atoms with van der Waals surface area (Å²) in [6, 6.07) is 17.3. The molecule has 3 aromatic carbocycles. The number of nitrogens with one attached hydrogen (secondary N) is 1. The molecule has 4 rings (SSSR count). The van der Waals surface area contributed by atoms with Gasteiger partial charge < -0.3 is 14.8 Å². The third-order valence-electron chi connectivity index (χ3n) is 5.09. The van der Waals surface area contributed by atoms with E-state index < -0.39 is 5.97 Å². The number of carboxylic acids is 1. The lowest BCUT2D eigenvalue weighted by molar-refractivity contribution is 0.0695. The number of aromatic carboxylic acids is 1. The summed E-state index contributed by atoms with van der Waals surface area (Å²) in [6.45, 7) is 6.06. The first-order valence-electron chi connectivity index (χ1n) is 9.63. The summed E-state index contributed by atoms with van der Waals surface area (Å²) in [6.07, 6.45) is 0. The highest BCUT2D eigenvalue weighted by Gasteiger charge is 2.13. The molecule has 0 bridgehead atoms. The average molecular weight is 421 g/mol. The molecular weight excluding hydrogens is 400 g/mol. The molecule has 0 atom stereocenters. The molecule has 0 aliphatic carbocycles. The van der Waals surface area contributed by atoms with Gasteiger partial charge in [0.2, 0.25) is 0 Å². The molecule has 1 aromatic heterocycles.